The average molecular weight is 338 g/mol. The van der Waals surface area contributed by atoms with Gasteiger partial charge in [0.25, 0.3) is 0 Å². The van der Waals surface area contributed by atoms with E-state index in [0.29, 0.717) is 17.7 Å². The summed E-state index contributed by atoms with van der Waals surface area (Å²) in [5.74, 6) is -0.224. The third-order valence-electron chi connectivity index (χ3n) is 5.56. The van der Waals surface area contributed by atoms with Gasteiger partial charge >= 0.3 is 0 Å². The molecule has 0 fully saturated rings. The molecule has 1 N–H and O–H groups in total. The first-order chi connectivity index (χ1) is 11.8. The van der Waals surface area contributed by atoms with Gasteiger partial charge in [0.05, 0.1) is 12.5 Å². The van der Waals surface area contributed by atoms with E-state index in [2.05, 4.69) is 6.58 Å². The quantitative estimate of drug-likeness (QED) is 0.912. The zero-order valence-electron chi connectivity index (χ0n) is 14.7. The largest absolute Gasteiger partial charge is 0.508 e. The van der Waals surface area contributed by atoms with Gasteiger partial charge < -0.3 is 9.84 Å². The number of rotatable bonds is 3. The standard InChI is InChI=1S/C21H22O4/c1-5-13-6-9-16-17(23)10-12(2)20(24)21(16,3)19(13)15-8-7-14(22)11-18(15)25-4/h5-8,10-11,16,19,22H,1,9H2,2-4H3/t16-,19+,21+/m0/s1. The highest BCUT2D eigenvalue weighted by atomic mass is 16.5. The Bertz CT molecular complexity index is 830. The summed E-state index contributed by atoms with van der Waals surface area (Å²) in [5.41, 5.74) is 1.25. The minimum Gasteiger partial charge on any atom is -0.508 e. The number of aromatic hydroxyl groups is 1. The predicted molar refractivity (Wildman–Crippen MR) is 95.7 cm³/mol. The van der Waals surface area contributed by atoms with Crippen molar-refractivity contribution in [1.29, 1.82) is 0 Å². The summed E-state index contributed by atoms with van der Waals surface area (Å²) in [4.78, 5) is 25.8. The molecule has 4 nitrogen and oxygen atoms in total. The first-order valence-corrected chi connectivity index (χ1v) is 8.31. The number of ether oxygens (including phenoxy) is 1. The summed E-state index contributed by atoms with van der Waals surface area (Å²) in [6.45, 7) is 7.45. The summed E-state index contributed by atoms with van der Waals surface area (Å²) in [5, 5.41) is 9.78. The highest BCUT2D eigenvalue weighted by molar-refractivity contribution is 6.13. The first kappa shape index (κ1) is 17.2. The SMILES string of the molecule is C=CC1=CC[C@H]2C(=O)C=C(C)C(=O)[C@@]2(C)[C@H]1c1ccc(O)cc1OC. The lowest BCUT2D eigenvalue weighted by Gasteiger charge is -2.47. The van der Waals surface area contributed by atoms with Crippen molar-refractivity contribution in [2.75, 3.05) is 7.11 Å². The molecule has 3 atom stereocenters. The van der Waals surface area contributed by atoms with E-state index in [9.17, 15) is 14.7 Å². The van der Waals surface area contributed by atoms with Gasteiger partial charge in [0.1, 0.15) is 11.5 Å². The molecule has 0 bridgehead atoms. The van der Waals surface area contributed by atoms with Gasteiger partial charge in [-0.25, -0.2) is 0 Å². The number of methoxy groups -OCH3 is 1. The summed E-state index contributed by atoms with van der Waals surface area (Å²) in [7, 11) is 1.53. The summed E-state index contributed by atoms with van der Waals surface area (Å²) >= 11 is 0. The fourth-order valence-electron chi connectivity index (χ4n) is 4.31. The number of hydrogen-bond donors (Lipinski definition) is 1. The van der Waals surface area contributed by atoms with Crippen LogP contribution in [0.4, 0.5) is 0 Å². The number of carbonyl (C=O) groups excluding carboxylic acids is 2. The van der Waals surface area contributed by atoms with Gasteiger partial charge in [-0.2, -0.15) is 0 Å². The number of hydrogen-bond acceptors (Lipinski definition) is 4. The fourth-order valence-corrected chi connectivity index (χ4v) is 4.31. The Hall–Kier alpha value is -2.62. The number of phenolic OH excluding ortho intramolecular Hbond substituents is 1. The van der Waals surface area contributed by atoms with Crippen LogP contribution in [-0.4, -0.2) is 23.8 Å². The van der Waals surface area contributed by atoms with Gasteiger partial charge in [0.15, 0.2) is 11.6 Å². The second-order valence-electron chi connectivity index (χ2n) is 6.90. The third-order valence-corrected chi connectivity index (χ3v) is 5.56. The summed E-state index contributed by atoms with van der Waals surface area (Å²) in [6.07, 6.45) is 5.70. The van der Waals surface area contributed by atoms with Crippen LogP contribution < -0.4 is 4.74 Å². The minimum absolute atomic E-state index is 0.0123. The molecule has 130 valence electrons. The Balaban J connectivity index is 2.28. The lowest BCUT2D eigenvalue weighted by molar-refractivity contribution is -0.137. The molecule has 0 spiro atoms. The molecule has 1 aromatic rings. The molecule has 0 heterocycles. The maximum Gasteiger partial charge on any atom is 0.166 e. The molecule has 3 rings (SSSR count). The normalized spacial score (nSPS) is 28.8. The van der Waals surface area contributed by atoms with Gasteiger partial charge in [-0.05, 0) is 36.6 Å². The van der Waals surface area contributed by atoms with Crippen LogP contribution in [0.25, 0.3) is 0 Å². The fraction of sp³-hybridized carbons (Fsp3) is 0.333. The van der Waals surface area contributed by atoms with Crippen molar-refractivity contribution < 1.29 is 19.4 Å². The van der Waals surface area contributed by atoms with Crippen LogP contribution >= 0.6 is 0 Å². The van der Waals surface area contributed by atoms with Crippen molar-refractivity contribution >= 4 is 11.6 Å². The van der Waals surface area contributed by atoms with Crippen LogP contribution in [0.3, 0.4) is 0 Å². The van der Waals surface area contributed by atoms with Crippen molar-refractivity contribution in [2.45, 2.75) is 26.2 Å². The van der Waals surface area contributed by atoms with E-state index in [4.69, 9.17) is 4.74 Å². The first-order valence-electron chi connectivity index (χ1n) is 8.31. The highest BCUT2D eigenvalue weighted by Crippen LogP contribution is 2.56. The van der Waals surface area contributed by atoms with Crippen molar-refractivity contribution in [2.24, 2.45) is 11.3 Å². The lowest BCUT2D eigenvalue weighted by atomic mass is 9.53. The van der Waals surface area contributed by atoms with E-state index in [1.807, 2.05) is 13.0 Å². The molecular weight excluding hydrogens is 316 g/mol. The summed E-state index contributed by atoms with van der Waals surface area (Å²) < 4.78 is 5.45. The van der Waals surface area contributed by atoms with Crippen LogP contribution in [0, 0.1) is 11.3 Å². The Morgan fingerprint density at radius 2 is 2.08 bits per heavy atom. The molecule has 0 radical (unpaired) electrons. The molecule has 25 heavy (non-hydrogen) atoms. The number of ketones is 2. The monoisotopic (exact) mass is 338 g/mol. The molecule has 0 saturated heterocycles. The van der Waals surface area contributed by atoms with Gasteiger partial charge in [0.2, 0.25) is 0 Å². The summed E-state index contributed by atoms with van der Waals surface area (Å²) in [6, 6.07) is 4.86. The Kier molecular flexibility index (Phi) is 4.15. The molecule has 0 unspecified atom stereocenters. The van der Waals surface area contributed by atoms with Crippen LogP contribution in [0.5, 0.6) is 11.5 Å². The van der Waals surface area contributed by atoms with E-state index in [1.165, 1.54) is 19.3 Å². The smallest absolute Gasteiger partial charge is 0.166 e. The average Bonchev–Trinajstić information content (AvgIpc) is 2.59. The number of fused-ring (bicyclic) bond motifs is 1. The molecule has 1 aromatic carbocycles. The van der Waals surface area contributed by atoms with Gasteiger partial charge in [-0.3, -0.25) is 9.59 Å². The van der Waals surface area contributed by atoms with Crippen molar-refractivity contribution in [3.8, 4) is 11.5 Å². The molecular formula is C21H22O4. The molecule has 0 amide bonds. The minimum atomic E-state index is -0.904. The highest BCUT2D eigenvalue weighted by Gasteiger charge is 2.55. The molecule has 0 aliphatic heterocycles. The van der Waals surface area contributed by atoms with Crippen LogP contribution in [0.2, 0.25) is 0 Å². The molecule has 2 aliphatic rings. The van der Waals surface area contributed by atoms with E-state index >= 15 is 0 Å². The number of carbonyl (C=O) groups is 2. The second kappa shape index (κ2) is 6.03. The predicted octanol–water partition coefficient (Wildman–Crippen LogP) is 3.72. The number of benzene rings is 1. The van der Waals surface area contributed by atoms with E-state index < -0.39 is 11.3 Å². The number of phenols is 1. The van der Waals surface area contributed by atoms with E-state index in [0.717, 1.165) is 11.1 Å². The van der Waals surface area contributed by atoms with Gasteiger partial charge in [0, 0.05) is 23.5 Å². The Morgan fingerprint density at radius 3 is 2.72 bits per heavy atom. The van der Waals surface area contributed by atoms with Gasteiger partial charge in [-0.1, -0.05) is 31.7 Å². The maximum atomic E-state index is 13.2. The molecule has 0 saturated carbocycles. The zero-order valence-corrected chi connectivity index (χ0v) is 14.7. The molecule has 0 aromatic heterocycles. The maximum absolute atomic E-state index is 13.2. The molecule has 2 aliphatic carbocycles. The lowest BCUT2D eigenvalue weighted by Crippen LogP contribution is -2.49. The van der Waals surface area contributed by atoms with Crippen LogP contribution in [0.15, 0.2) is 54.2 Å². The van der Waals surface area contributed by atoms with Gasteiger partial charge in [-0.15, -0.1) is 0 Å². The second-order valence-corrected chi connectivity index (χ2v) is 6.90. The van der Waals surface area contributed by atoms with Crippen LogP contribution in [0.1, 0.15) is 31.7 Å². The third kappa shape index (κ3) is 2.44. The van der Waals surface area contributed by atoms with E-state index in [1.54, 1.807) is 25.1 Å². The molecule has 4 heteroatoms. The van der Waals surface area contributed by atoms with Crippen LogP contribution in [-0.2, 0) is 9.59 Å². The topological polar surface area (TPSA) is 63.6 Å². The zero-order chi connectivity index (χ0) is 18.4. The van der Waals surface area contributed by atoms with E-state index in [-0.39, 0.29) is 23.2 Å². The van der Waals surface area contributed by atoms with Crippen molar-refractivity contribution in [3.63, 3.8) is 0 Å². The Morgan fingerprint density at radius 1 is 1.36 bits per heavy atom. The number of Topliss-reactive ketones (excluding diaryl/α,β-unsaturated/α-hetero) is 1. The van der Waals surface area contributed by atoms with Crippen molar-refractivity contribution in [3.05, 3.63) is 59.7 Å². The Labute approximate surface area is 147 Å². The number of allylic oxidation sites excluding steroid dienone is 5. The van der Waals surface area contributed by atoms with Crippen molar-refractivity contribution in [1.82, 2.24) is 0 Å².